The molecule has 0 spiro atoms. The van der Waals surface area contributed by atoms with Gasteiger partial charge in [-0.2, -0.15) is 0 Å². The van der Waals surface area contributed by atoms with Gasteiger partial charge in [-0.05, 0) is 34.7 Å². The van der Waals surface area contributed by atoms with Gasteiger partial charge in [0, 0.05) is 13.5 Å². The number of aryl methyl sites for hydroxylation is 1. The van der Waals surface area contributed by atoms with Gasteiger partial charge in [0.1, 0.15) is 0 Å². The van der Waals surface area contributed by atoms with Gasteiger partial charge in [0.25, 0.3) is 0 Å². The summed E-state index contributed by atoms with van der Waals surface area (Å²) in [5.74, 6) is -0.175. The molecule has 0 aliphatic rings. The molecule has 0 aliphatic carbocycles. The lowest BCUT2D eigenvalue weighted by atomic mass is 10.0. The van der Waals surface area contributed by atoms with Crippen LogP contribution in [0.2, 0.25) is 0 Å². The fraction of sp³-hybridized carbons (Fsp3) is 0.278. The van der Waals surface area contributed by atoms with E-state index in [9.17, 15) is 4.79 Å². The third kappa shape index (κ3) is 4.43. The molecule has 0 fully saturated rings. The van der Waals surface area contributed by atoms with Crippen LogP contribution in [-0.4, -0.2) is 20.2 Å². The maximum atomic E-state index is 11.1. The first-order valence-corrected chi connectivity index (χ1v) is 6.97. The average Bonchev–Trinajstić information content (AvgIpc) is 2.53. The van der Waals surface area contributed by atoms with Gasteiger partial charge in [-0.1, -0.05) is 42.5 Å². The van der Waals surface area contributed by atoms with Crippen molar-refractivity contribution in [2.24, 2.45) is 0 Å². The number of methoxy groups -OCH3 is 2. The molecule has 0 aliphatic heterocycles. The molecule has 2 aromatic rings. The second-order valence-corrected chi connectivity index (χ2v) is 4.91. The highest BCUT2D eigenvalue weighted by Crippen LogP contribution is 2.21. The number of esters is 1. The minimum Gasteiger partial charge on any atom is -0.469 e. The minimum atomic E-state index is -0.175. The van der Waals surface area contributed by atoms with Crippen molar-refractivity contribution in [3.8, 4) is 11.1 Å². The molecule has 0 atom stereocenters. The standard InChI is InChI=1S/C18H20O3/c1-20-13-15-4-3-5-17(12-15)16-9-6-14(7-10-16)8-11-18(19)21-2/h3-7,9-10,12H,8,11,13H2,1-2H3. The second kappa shape index (κ2) is 7.60. The van der Waals surface area contributed by atoms with Gasteiger partial charge in [0.05, 0.1) is 13.7 Å². The SMILES string of the molecule is COCc1cccc(-c2ccc(CCC(=O)OC)cc2)c1. The van der Waals surface area contributed by atoms with Crippen molar-refractivity contribution in [3.05, 3.63) is 59.7 Å². The summed E-state index contributed by atoms with van der Waals surface area (Å²) in [6, 6.07) is 16.6. The summed E-state index contributed by atoms with van der Waals surface area (Å²) < 4.78 is 9.81. The van der Waals surface area contributed by atoms with Gasteiger partial charge in [-0.15, -0.1) is 0 Å². The fourth-order valence-electron chi connectivity index (χ4n) is 2.22. The van der Waals surface area contributed by atoms with Gasteiger partial charge >= 0.3 is 5.97 Å². The average molecular weight is 284 g/mol. The molecule has 0 heterocycles. The molecule has 110 valence electrons. The number of benzene rings is 2. The maximum absolute atomic E-state index is 11.1. The summed E-state index contributed by atoms with van der Waals surface area (Å²) in [4.78, 5) is 11.1. The summed E-state index contributed by atoms with van der Waals surface area (Å²) in [5.41, 5.74) is 4.63. The quantitative estimate of drug-likeness (QED) is 0.760. The lowest BCUT2D eigenvalue weighted by molar-refractivity contribution is -0.140. The van der Waals surface area contributed by atoms with E-state index in [1.54, 1.807) is 7.11 Å². The van der Waals surface area contributed by atoms with E-state index in [1.165, 1.54) is 12.7 Å². The van der Waals surface area contributed by atoms with Crippen LogP contribution in [0.5, 0.6) is 0 Å². The Labute approximate surface area is 125 Å². The molecule has 3 heteroatoms. The van der Waals surface area contributed by atoms with Crippen molar-refractivity contribution in [3.63, 3.8) is 0 Å². The zero-order valence-corrected chi connectivity index (χ0v) is 12.5. The number of carbonyl (C=O) groups excluding carboxylic acids is 1. The summed E-state index contributed by atoms with van der Waals surface area (Å²) in [6.07, 6.45) is 1.12. The normalized spacial score (nSPS) is 10.4. The first-order valence-electron chi connectivity index (χ1n) is 6.97. The Kier molecular flexibility index (Phi) is 5.52. The van der Waals surface area contributed by atoms with Crippen LogP contribution in [-0.2, 0) is 27.3 Å². The van der Waals surface area contributed by atoms with E-state index in [0.29, 0.717) is 19.4 Å². The van der Waals surface area contributed by atoms with Crippen molar-refractivity contribution in [1.82, 2.24) is 0 Å². The fourth-order valence-corrected chi connectivity index (χ4v) is 2.22. The third-order valence-corrected chi connectivity index (χ3v) is 3.37. The topological polar surface area (TPSA) is 35.5 Å². The number of rotatable bonds is 6. The number of carbonyl (C=O) groups is 1. The predicted molar refractivity (Wildman–Crippen MR) is 82.9 cm³/mol. The Morgan fingerprint density at radius 2 is 1.71 bits per heavy atom. The third-order valence-electron chi connectivity index (χ3n) is 3.37. The highest BCUT2D eigenvalue weighted by molar-refractivity contribution is 5.69. The van der Waals surface area contributed by atoms with E-state index in [4.69, 9.17) is 4.74 Å². The van der Waals surface area contributed by atoms with Crippen molar-refractivity contribution in [2.45, 2.75) is 19.4 Å². The summed E-state index contributed by atoms with van der Waals surface area (Å²) in [6.45, 7) is 0.616. The van der Waals surface area contributed by atoms with Gasteiger partial charge in [-0.3, -0.25) is 4.79 Å². The van der Waals surface area contributed by atoms with E-state index < -0.39 is 0 Å². The highest BCUT2D eigenvalue weighted by atomic mass is 16.5. The molecule has 3 nitrogen and oxygen atoms in total. The van der Waals surface area contributed by atoms with Crippen molar-refractivity contribution >= 4 is 5.97 Å². The lowest BCUT2D eigenvalue weighted by Crippen LogP contribution is -2.01. The number of hydrogen-bond acceptors (Lipinski definition) is 3. The van der Waals surface area contributed by atoms with Crippen LogP contribution >= 0.6 is 0 Å². The highest BCUT2D eigenvalue weighted by Gasteiger charge is 2.03. The Hall–Kier alpha value is -2.13. The summed E-state index contributed by atoms with van der Waals surface area (Å²) in [5, 5.41) is 0. The molecule has 0 saturated heterocycles. The largest absolute Gasteiger partial charge is 0.469 e. The Morgan fingerprint density at radius 1 is 0.952 bits per heavy atom. The van der Waals surface area contributed by atoms with Crippen LogP contribution in [0.3, 0.4) is 0 Å². The Balaban J connectivity index is 2.07. The van der Waals surface area contributed by atoms with Crippen LogP contribution in [0.15, 0.2) is 48.5 Å². The Bertz CT molecular complexity index is 588. The smallest absolute Gasteiger partial charge is 0.305 e. The summed E-state index contributed by atoms with van der Waals surface area (Å²) >= 11 is 0. The molecular formula is C18H20O3. The first-order chi connectivity index (χ1) is 10.2. The van der Waals surface area contributed by atoms with Crippen LogP contribution in [0.1, 0.15) is 17.5 Å². The van der Waals surface area contributed by atoms with Crippen LogP contribution in [0, 0.1) is 0 Å². The zero-order valence-electron chi connectivity index (χ0n) is 12.5. The van der Waals surface area contributed by atoms with E-state index in [1.807, 2.05) is 6.07 Å². The minimum absolute atomic E-state index is 0.175. The number of hydrogen-bond donors (Lipinski definition) is 0. The first kappa shape index (κ1) is 15.3. The second-order valence-electron chi connectivity index (χ2n) is 4.91. The number of ether oxygens (including phenoxy) is 2. The predicted octanol–water partition coefficient (Wildman–Crippen LogP) is 3.61. The van der Waals surface area contributed by atoms with E-state index in [0.717, 1.165) is 16.7 Å². The van der Waals surface area contributed by atoms with Gasteiger partial charge in [-0.25, -0.2) is 0 Å². The molecule has 2 rings (SSSR count). The van der Waals surface area contributed by atoms with E-state index in [2.05, 4.69) is 47.2 Å². The molecule has 21 heavy (non-hydrogen) atoms. The van der Waals surface area contributed by atoms with Gasteiger partial charge < -0.3 is 9.47 Å². The molecular weight excluding hydrogens is 264 g/mol. The molecule has 0 radical (unpaired) electrons. The van der Waals surface area contributed by atoms with E-state index in [-0.39, 0.29) is 5.97 Å². The van der Waals surface area contributed by atoms with Gasteiger partial charge in [0.2, 0.25) is 0 Å². The van der Waals surface area contributed by atoms with Crippen molar-refractivity contribution < 1.29 is 14.3 Å². The monoisotopic (exact) mass is 284 g/mol. The lowest BCUT2D eigenvalue weighted by Gasteiger charge is -2.06. The molecule has 0 saturated carbocycles. The van der Waals surface area contributed by atoms with Crippen molar-refractivity contribution in [1.29, 1.82) is 0 Å². The molecule has 0 bridgehead atoms. The summed E-state index contributed by atoms with van der Waals surface area (Å²) in [7, 11) is 3.11. The van der Waals surface area contributed by atoms with Gasteiger partial charge in [0.15, 0.2) is 0 Å². The van der Waals surface area contributed by atoms with Crippen molar-refractivity contribution in [2.75, 3.05) is 14.2 Å². The zero-order chi connectivity index (χ0) is 15.1. The Morgan fingerprint density at radius 3 is 2.38 bits per heavy atom. The van der Waals surface area contributed by atoms with Crippen LogP contribution in [0.4, 0.5) is 0 Å². The molecule has 0 unspecified atom stereocenters. The maximum Gasteiger partial charge on any atom is 0.305 e. The molecule has 0 amide bonds. The molecule has 0 N–H and O–H groups in total. The van der Waals surface area contributed by atoms with E-state index >= 15 is 0 Å². The van der Waals surface area contributed by atoms with Crippen LogP contribution < -0.4 is 0 Å². The molecule has 0 aromatic heterocycles. The van der Waals surface area contributed by atoms with Crippen LogP contribution in [0.25, 0.3) is 11.1 Å². The molecule has 2 aromatic carbocycles.